The maximum atomic E-state index is 13.6. The number of likely N-dealkylation sites (tertiary alicyclic amines) is 2. The van der Waals surface area contributed by atoms with Gasteiger partial charge in [-0.1, -0.05) is 91.9 Å². The van der Waals surface area contributed by atoms with Crippen molar-refractivity contribution in [2.24, 2.45) is 11.8 Å². The Hall–Kier alpha value is -1.14. The van der Waals surface area contributed by atoms with Crippen molar-refractivity contribution < 1.29 is 9.59 Å². The van der Waals surface area contributed by atoms with Gasteiger partial charge < -0.3 is 19.6 Å². The molecule has 258 valence electrons. The predicted octanol–water partition coefficient (Wildman–Crippen LogP) is 8.39. The second-order valence-electron chi connectivity index (χ2n) is 14.2. The molecule has 2 aliphatic heterocycles. The quantitative estimate of drug-likeness (QED) is 0.0965. The van der Waals surface area contributed by atoms with Crippen LogP contribution in [0.25, 0.3) is 0 Å². The lowest BCUT2D eigenvalue weighted by atomic mass is 9.95. The molecule has 2 unspecified atom stereocenters. The summed E-state index contributed by atoms with van der Waals surface area (Å²) in [5.74, 6) is 1.22. The highest BCUT2D eigenvalue weighted by Gasteiger charge is 2.30. The molecule has 2 atom stereocenters. The Morgan fingerprint density at radius 1 is 0.500 bits per heavy atom. The molecule has 0 aromatic rings. The van der Waals surface area contributed by atoms with Gasteiger partial charge in [0, 0.05) is 39.3 Å². The van der Waals surface area contributed by atoms with Crippen LogP contribution < -0.4 is 0 Å². The van der Waals surface area contributed by atoms with Crippen molar-refractivity contribution in [3.8, 4) is 0 Å². The fourth-order valence-corrected chi connectivity index (χ4v) is 7.28. The van der Waals surface area contributed by atoms with Crippen molar-refractivity contribution in [1.82, 2.24) is 19.6 Å². The molecule has 0 bridgehead atoms. The van der Waals surface area contributed by atoms with Crippen LogP contribution in [0.2, 0.25) is 0 Å². The molecular weight excluding hydrogens is 544 g/mol. The van der Waals surface area contributed by atoms with Gasteiger partial charge in [-0.15, -0.1) is 0 Å². The highest BCUT2D eigenvalue weighted by atomic mass is 16.2. The first-order chi connectivity index (χ1) is 21.5. The zero-order valence-corrected chi connectivity index (χ0v) is 30.0. The van der Waals surface area contributed by atoms with E-state index in [0.717, 1.165) is 129 Å². The summed E-state index contributed by atoms with van der Waals surface area (Å²) >= 11 is 0. The number of rotatable bonds is 25. The van der Waals surface area contributed by atoms with E-state index in [1.807, 2.05) is 0 Å². The van der Waals surface area contributed by atoms with Crippen LogP contribution in [0, 0.1) is 11.8 Å². The van der Waals surface area contributed by atoms with Crippen molar-refractivity contribution >= 4 is 11.8 Å². The van der Waals surface area contributed by atoms with Crippen LogP contribution in [-0.4, -0.2) is 96.9 Å². The monoisotopic (exact) mass is 619 g/mol. The number of carbonyl (C=O) groups excluding carboxylic acids is 2. The molecule has 44 heavy (non-hydrogen) atoms. The average molecular weight is 619 g/mol. The van der Waals surface area contributed by atoms with E-state index in [1.165, 1.54) is 64.5 Å². The molecule has 0 radical (unpaired) electrons. The fraction of sp³-hybridized carbons (Fsp3) is 0.947. The molecule has 2 amide bonds. The van der Waals surface area contributed by atoms with E-state index in [1.54, 1.807) is 0 Å². The number of piperidine rings is 2. The second-order valence-corrected chi connectivity index (χ2v) is 14.2. The lowest BCUT2D eigenvalue weighted by Crippen LogP contribution is -2.45. The molecule has 6 heteroatoms. The minimum Gasteiger partial charge on any atom is -0.342 e. The van der Waals surface area contributed by atoms with Gasteiger partial charge in [0.05, 0.1) is 11.8 Å². The maximum absolute atomic E-state index is 13.6. The van der Waals surface area contributed by atoms with E-state index < -0.39 is 0 Å². The Labute approximate surface area is 274 Å². The normalized spacial score (nSPS) is 19.7. The molecule has 2 fully saturated rings. The third-order valence-corrected chi connectivity index (χ3v) is 10.2. The van der Waals surface area contributed by atoms with Crippen molar-refractivity contribution in [3.63, 3.8) is 0 Å². The first-order valence-corrected chi connectivity index (χ1v) is 19.6. The fourth-order valence-electron chi connectivity index (χ4n) is 7.28. The summed E-state index contributed by atoms with van der Waals surface area (Å²) in [5, 5.41) is 0. The zero-order chi connectivity index (χ0) is 31.8. The van der Waals surface area contributed by atoms with Gasteiger partial charge in [-0.05, 0) is 90.4 Å². The van der Waals surface area contributed by atoms with Gasteiger partial charge in [0.1, 0.15) is 0 Å². The molecule has 0 aliphatic carbocycles. The Bertz CT molecular complexity index is 672. The lowest BCUT2D eigenvalue weighted by Gasteiger charge is -2.35. The van der Waals surface area contributed by atoms with Crippen LogP contribution in [0.5, 0.6) is 0 Å². The Balaban J connectivity index is 1.76. The van der Waals surface area contributed by atoms with Gasteiger partial charge in [-0.25, -0.2) is 0 Å². The summed E-state index contributed by atoms with van der Waals surface area (Å²) in [4.78, 5) is 36.8. The van der Waals surface area contributed by atoms with Gasteiger partial charge in [-0.3, -0.25) is 9.59 Å². The summed E-state index contributed by atoms with van der Waals surface area (Å²) < 4.78 is 0. The Morgan fingerprint density at radius 3 is 1.25 bits per heavy atom. The molecule has 0 saturated carbocycles. The number of hydrogen-bond acceptors (Lipinski definition) is 4. The number of carbonyl (C=O) groups is 2. The zero-order valence-electron chi connectivity index (χ0n) is 30.0. The van der Waals surface area contributed by atoms with Crippen molar-refractivity contribution in [3.05, 3.63) is 0 Å². The standard InChI is InChI=1S/C38H74N4O2/c1-5-9-13-17-25-39-27-21-23-35(33-39)37(43)41(29-11-7-3)31-19-15-16-20-32-42(30-12-8-4)38(44)36-24-22-28-40(34-36)26-18-14-10-6-2/h35-36H,5-34H2,1-4H3. The van der Waals surface area contributed by atoms with Crippen molar-refractivity contribution in [2.75, 3.05) is 65.4 Å². The number of hydrogen-bond donors (Lipinski definition) is 0. The highest BCUT2D eigenvalue weighted by Crippen LogP contribution is 2.22. The number of amides is 2. The van der Waals surface area contributed by atoms with Crippen LogP contribution in [-0.2, 0) is 9.59 Å². The largest absolute Gasteiger partial charge is 0.342 e. The molecule has 0 aromatic heterocycles. The van der Waals surface area contributed by atoms with Crippen molar-refractivity contribution in [2.45, 2.75) is 156 Å². The van der Waals surface area contributed by atoms with Crippen molar-refractivity contribution in [1.29, 1.82) is 0 Å². The molecule has 0 aromatic carbocycles. The van der Waals surface area contributed by atoms with Crippen LogP contribution >= 0.6 is 0 Å². The van der Waals surface area contributed by atoms with Crippen LogP contribution in [0.4, 0.5) is 0 Å². The predicted molar refractivity (Wildman–Crippen MR) is 188 cm³/mol. The lowest BCUT2D eigenvalue weighted by molar-refractivity contribution is -0.138. The first kappa shape index (κ1) is 39.0. The first-order valence-electron chi connectivity index (χ1n) is 19.6. The molecule has 2 heterocycles. The van der Waals surface area contributed by atoms with Gasteiger partial charge in [0.2, 0.25) is 11.8 Å². The third-order valence-electron chi connectivity index (χ3n) is 10.2. The van der Waals surface area contributed by atoms with Gasteiger partial charge >= 0.3 is 0 Å². The molecule has 0 N–H and O–H groups in total. The molecule has 6 nitrogen and oxygen atoms in total. The Morgan fingerprint density at radius 2 is 0.864 bits per heavy atom. The second kappa shape index (κ2) is 25.0. The molecular formula is C38H74N4O2. The number of unbranched alkanes of at least 4 members (excludes halogenated alkanes) is 11. The Kier molecular flexibility index (Phi) is 22.2. The minimum absolute atomic E-state index is 0.192. The van der Waals surface area contributed by atoms with E-state index in [0.29, 0.717) is 11.8 Å². The summed E-state index contributed by atoms with van der Waals surface area (Å²) in [6.07, 6.45) is 23.8. The maximum Gasteiger partial charge on any atom is 0.226 e. The molecule has 2 aliphatic rings. The topological polar surface area (TPSA) is 47.1 Å². The number of nitrogens with zero attached hydrogens (tertiary/aromatic N) is 4. The SMILES string of the molecule is CCCCCCN1CCCC(C(=O)N(CCCC)CCCCCCN(CCCC)C(=O)C2CCCN(CCCCCC)C2)C1. The third kappa shape index (κ3) is 15.9. The van der Waals surface area contributed by atoms with E-state index in [4.69, 9.17) is 0 Å². The molecule has 2 rings (SSSR count). The van der Waals surface area contributed by atoms with Crippen LogP contribution in [0.15, 0.2) is 0 Å². The van der Waals surface area contributed by atoms with Gasteiger partial charge in [0.25, 0.3) is 0 Å². The summed E-state index contributed by atoms with van der Waals surface area (Å²) in [5.41, 5.74) is 0. The minimum atomic E-state index is 0.192. The highest BCUT2D eigenvalue weighted by molar-refractivity contribution is 5.79. The summed E-state index contributed by atoms with van der Waals surface area (Å²) in [7, 11) is 0. The van der Waals surface area contributed by atoms with Crippen LogP contribution in [0.1, 0.15) is 156 Å². The van der Waals surface area contributed by atoms with E-state index in [9.17, 15) is 9.59 Å². The van der Waals surface area contributed by atoms with E-state index in [2.05, 4.69) is 47.3 Å². The van der Waals surface area contributed by atoms with Crippen LogP contribution in [0.3, 0.4) is 0 Å². The smallest absolute Gasteiger partial charge is 0.226 e. The summed E-state index contributed by atoms with van der Waals surface area (Å²) in [6, 6.07) is 0. The van der Waals surface area contributed by atoms with Gasteiger partial charge in [0.15, 0.2) is 0 Å². The molecule has 2 saturated heterocycles. The summed E-state index contributed by atoms with van der Waals surface area (Å²) in [6.45, 7) is 19.2. The average Bonchev–Trinajstić information content (AvgIpc) is 3.05. The van der Waals surface area contributed by atoms with E-state index in [-0.39, 0.29) is 11.8 Å². The molecule has 0 spiro atoms. The van der Waals surface area contributed by atoms with Gasteiger partial charge in [-0.2, -0.15) is 0 Å². The van der Waals surface area contributed by atoms with E-state index >= 15 is 0 Å².